The number of nitrogens with one attached hydrogen (secondary N) is 1. The van der Waals surface area contributed by atoms with Crippen LogP contribution in [0.2, 0.25) is 0 Å². The van der Waals surface area contributed by atoms with Crippen molar-refractivity contribution in [3.8, 4) is 5.75 Å². The number of ether oxygens (including phenoxy) is 1. The average Bonchev–Trinajstić information content (AvgIpc) is 2.70. The van der Waals surface area contributed by atoms with E-state index in [-0.39, 0.29) is 25.0 Å². The van der Waals surface area contributed by atoms with Crippen molar-refractivity contribution in [3.63, 3.8) is 0 Å². The second-order valence-electron chi connectivity index (χ2n) is 7.55. The number of amides is 2. The van der Waals surface area contributed by atoms with Crippen LogP contribution in [0.25, 0.3) is 0 Å². The van der Waals surface area contributed by atoms with Crippen LogP contribution < -0.4 is 10.1 Å². The summed E-state index contributed by atoms with van der Waals surface area (Å²) in [6, 6.07) is 11.2. The lowest BCUT2D eigenvalue weighted by Crippen LogP contribution is -2.49. The standard InChI is InChI=1S/C24H31FN2O3/c1-5-6-11-26-24(29)19(4)27(15-20-9-7-8-10-22(20)25)23(28)16-30-21-13-17(2)12-18(3)14-21/h7-10,12-14,19H,5-6,11,15-16H2,1-4H3,(H,26,29). The van der Waals surface area contributed by atoms with Gasteiger partial charge in [-0.15, -0.1) is 0 Å². The average molecular weight is 415 g/mol. The molecule has 0 fully saturated rings. The van der Waals surface area contributed by atoms with E-state index in [1.54, 1.807) is 25.1 Å². The second kappa shape index (κ2) is 11.3. The molecule has 0 saturated heterocycles. The number of rotatable bonds is 10. The van der Waals surface area contributed by atoms with Gasteiger partial charge in [0.05, 0.1) is 0 Å². The first-order valence-corrected chi connectivity index (χ1v) is 10.3. The van der Waals surface area contributed by atoms with E-state index in [9.17, 15) is 14.0 Å². The molecule has 162 valence electrons. The predicted octanol–water partition coefficient (Wildman–Crippen LogP) is 4.15. The number of nitrogens with zero attached hydrogens (tertiary/aromatic N) is 1. The predicted molar refractivity (Wildman–Crippen MR) is 116 cm³/mol. The van der Waals surface area contributed by atoms with E-state index in [1.807, 2.05) is 39.0 Å². The third kappa shape index (κ3) is 6.87. The first-order chi connectivity index (χ1) is 14.3. The Morgan fingerprint density at radius 2 is 1.80 bits per heavy atom. The van der Waals surface area contributed by atoms with Crippen LogP contribution in [0.4, 0.5) is 4.39 Å². The highest BCUT2D eigenvalue weighted by Crippen LogP contribution is 2.17. The molecule has 2 aromatic carbocycles. The van der Waals surface area contributed by atoms with Crippen molar-refractivity contribution in [2.45, 2.75) is 53.1 Å². The topological polar surface area (TPSA) is 58.6 Å². The van der Waals surface area contributed by atoms with Gasteiger partial charge in [-0.25, -0.2) is 4.39 Å². The van der Waals surface area contributed by atoms with E-state index in [4.69, 9.17) is 4.74 Å². The fourth-order valence-electron chi connectivity index (χ4n) is 3.17. The van der Waals surface area contributed by atoms with Gasteiger partial charge in [0.15, 0.2) is 6.61 Å². The van der Waals surface area contributed by atoms with Crippen molar-refractivity contribution in [2.24, 2.45) is 0 Å². The molecule has 2 rings (SSSR count). The van der Waals surface area contributed by atoms with Gasteiger partial charge >= 0.3 is 0 Å². The summed E-state index contributed by atoms with van der Waals surface area (Å²) in [5.41, 5.74) is 2.42. The summed E-state index contributed by atoms with van der Waals surface area (Å²) in [7, 11) is 0. The van der Waals surface area contributed by atoms with E-state index in [0.29, 0.717) is 17.9 Å². The van der Waals surface area contributed by atoms with Gasteiger partial charge in [-0.3, -0.25) is 9.59 Å². The number of benzene rings is 2. The molecule has 0 radical (unpaired) electrons. The Kier molecular flexibility index (Phi) is 8.84. The van der Waals surface area contributed by atoms with Crippen LogP contribution in [0.3, 0.4) is 0 Å². The van der Waals surface area contributed by atoms with Gasteiger partial charge < -0.3 is 15.0 Å². The number of carbonyl (C=O) groups excluding carboxylic acids is 2. The molecule has 1 unspecified atom stereocenters. The summed E-state index contributed by atoms with van der Waals surface area (Å²) in [6.45, 7) is 7.89. The number of carbonyl (C=O) groups is 2. The molecule has 0 aromatic heterocycles. The third-order valence-corrected chi connectivity index (χ3v) is 4.85. The van der Waals surface area contributed by atoms with Gasteiger partial charge in [0, 0.05) is 18.7 Å². The number of hydrogen-bond acceptors (Lipinski definition) is 3. The minimum absolute atomic E-state index is 0.00984. The molecule has 5 nitrogen and oxygen atoms in total. The summed E-state index contributed by atoms with van der Waals surface area (Å²) in [4.78, 5) is 26.9. The van der Waals surface area contributed by atoms with Gasteiger partial charge in [0.2, 0.25) is 5.91 Å². The Balaban J connectivity index is 2.15. The molecule has 0 spiro atoms. The SMILES string of the molecule is CCCCNC(=O)C(C)N(Cc1ccccc1F)C(=O)COc1cc(C)cc(C)c1. The smallest absolute Gasteiger partial charge is 0.261 e. The molecule has 2 aromatic rings. The van der Waals surface area contributed by atoms with Crippen molar-refractivity contribution in [1.29, 1.82) is 0 Å². The Labute approximate surface area is 178 Å². The highest BCUT2D eigenvalue weighted by atomic mass is 19.1. The molecule has 0 bridgehead atoms. The number of unbranched alkanes of at least 4 members (excludes halogenated alkanes) is 1. The fourth-order valence-corrected chi connectivity index (χ4v) is 3.17. The highest BCUT2D eigenvalue weighted by molar-refractivity contribution is 5.87. The largest absolute Gasteiger partial charge is 0.484 e. The molecule has 30 heavy (non-hydrogen) atoms. The Morgan fingerprint density at radius 1 is 1.13 bits per heavy atom. The van der Waals surface area contributed by atoms with Crippen molar-refractivity contribution in [1.82, 2.24) is 10.2 Å². The molecule has 0 heterocycles. The lowest BCUT2D eigenvalue weighted by Gasteiger charge is -2.29. The van der Waals surface area contributed by atoms with Crippen LogP contribution in [0, 0.1) is 19.7 Å². The van der Waals surface area contributed by atoms with E-state index in [2.05, 4.69) is 5.32 Å². The summed E-state index contributed by atoms with van der Waals surface area (Å²) in [5, 5.41) is 2.84. The van der Waals surface area contributed by atoms with Gasteiger partial charge in [0.1, 0.15) is 17.6 Å². The quantitative estimate of drug-likeness (QED) is 0.594. The summed E-state index contributed by atoms with van der Waals surface area (Å²) in [6.07, 6.45) is 1.81. The van der Waals surface area contributed by atoms with Crippen LogP contribution in [-0.4, -0.2) is 35.9 Å². The van der Waals surface area contributed by atoms with Crippen molar-refractivity contribution >= 4 is 11.8 Å². The molecule has 0 aliphatic carbocycles. The van der Waals surface area contributed by atoms with Crippen molar-refractivity contribution < 1.29 is 18.7 Å². The van der Waals surface area contributed by atoms with Crippen LogP contribution in [0.15, 0.2) is 42.5 Å². The van der Waals surface area contributed by atoms with Crippen LogP contribution in [0.1, 0.15) is 43.4 Å². The van der Waals surface area contributed by atoms with Crippen molar-refractivity contribution in [2.75, 3.05) is 13.2 Å². The molecule has 0 aliphatic rings. The Bertz CT molecular complexity index is 849. The first-order valence-electron chi connectivity index (χ1n) is 10.3. The molecule has 6 heteroatoms. The number of aryl methyl sites for hydroxylation is 2. The molecule has 2 amide bonds. The van der Waals surface area contributed by atoms with E-state index < -0.39 is 11.9 Å². The molecular formula is C24H31FN2O3. The Hall–Kier alpha value is -2.89. The number of hydrogen-bond donors (Lipinski definition) is 1. The first kappa shape index (κ1) is 23.4. The second-order valence-corrected chi connectivity index (χ2v) is 7.55. The van der Waals surface area contributed by atoms with Gasteiger partial charge in [0.25, 0.3) is 5.91 Å². The molecule has 0 saturated carbocycles. The maximum atomic E-state index is 14.2. The highest BCUT2D eigenvalue weighted by Gasteiger charge is 2.27. The maximum Gasteiger partial charge on any atom is 0.261 e. The zero-order valence-electron chi connectivity index (χ0n) is 18.2. The van der Waals surface area contributed by atoms with E-state index in [1.165, 1.54) is 11.0 Å². The van der Waals surface area contributed by atoms with Crippen LogP contribution in [-0.2, 0) is 16.1 Å². The number of halogens is 1. The maximum absolute atomic E-state index is 14.2. The zero-order valence-corrected chi connectivity index (χ0v) is 18.2. The molecule has 1 atom stereocenters. The van der Waals surface area contributed by atoms with Gasteiger partial charge in [-0.2, -0.15) is 0 Å². The summed E-state index contributed by atoms with van der Waals surface area (Å²) in [5.74, 6) is -0.467. The zero-order chi connectivity index (χ0) is 22.1. The molecule has 1 N–H and O–H groups in total. The lowest BCUT2D eigenvalue weighted by atomic mass is 10.1. The fraction of sp³-hybridized carbons (Fsp3) is 0.417. The summed E-state index contributed by atoms with van der Waals surface area (Å²) < 4.78 is 19.9. The lowest BCUT2D eigenvalue weighted by molar-refractivity contribution is -0.142. The van der Waals surface area contributed by atoms with E-state index in [0.717, 1.165) is 24.0 Å². The van der Waals surface area contributed by atoms with Crippen LogP contribution in [0.5, 0.6) is 5.75 Å². The Morgan fingerprint density at radius 3 is 2.43 bits per heavy atom. The third-order valence-electron chi connectivity index (χ3n) is 4.85. The normalized spacial score (nSPS) is 11.6. The van der Waals surface area contributed by atoms with Gasteiger partial charge in [-0.1, -0.05) is 37.6 Å². The summed E-state index contributed by atoms with van der Waals surface area (Å²) >= 11 is 0. The molecular weight excluding hydrogens is 383 g/mol. The van der Waals surface area contributed by atoms with Crippen LogP contribution >= 0.6 is 0 Å². The minimum atomic E-state index is -0.753. The minimum Gasteiger partial charge on any atom is -0.484 e. The monoisotopic (exact) mass is 414 g/mol. The van der Waals surface area contributed by atoms with E-state index >= 15 is 0 Å². The van der Waals surface area contributed by atoms with Crippen molar-refractivity contribution in [3.05, 3.63) is 65.0 Å². The van der Waals surface area contributed by atoms with Gasteiger partial charge in [-0.05, 0) is 56.5 Å². The molecule has 0 aliphatic heterocycles.